The SMILES string of the molecule is CN(Cc1ccc2c(c1)CCC2)CC(O)CCN. The highest BCUT2D eigenvalue weighted by atomic mass is 16.3. The summed E-state index contributed by atoms with van der Waals surface area (Å²) < 4.78 is 0. The molecule has 2 rings (SSSR count). The van der Waals surface area contributed by atoms with E-state index >= 15 is 0 Å². The Morgan fingerprint density at radius 3 is 2.89 bits per heavy atom. The lowest BCUT2D eigenvalue weighted by Crippen LogP contribution is -2.30. The van der Waals surface area contributed by atoms with Crippen molar-refractivity contribution in [1.82, 2.24) is 4.90 Å². The predicted octanol–water partition coefficient (Wildman–Crippen LogP) is 1.32. The number of nitrogens with zero attached hydrogens (tertiary/aromatic N) is 1. The molecule has 100 valence electrons. The lowest BCUT2D eigenvalue weighted by molar-refractivity contribution is 0.117. The highest BCUT2D eigenvalue weighted by Gasteiger charge is 2.12. The van der Waals surface area contributed by atoms with Crippen molar-refractivity contribution < 1.29 is 5.11 Å². The van der Waals surface area contributed by atoms with E-state index < -0.39 is 0 Å². The van der Waals surface area contributed by atoms with Crippen LogP contribution in [0.4, 0.5) is 0 Å². The molecule has 0 saturated heterocycles. The fourth-order valence-electron chi connectivity index (χ4n) is 2.74. The maximum absolute atomic E-state index is 9.73. The van der Waals surface area contributed by atoms with Crippen LogP contribution in [-0.2, 0) is 19.4 Å². The first-order valence-electron chi connectivity index (χ1n) is 6.86. The van der Waals surface area contributed by atoms with E-state index in [1.54, 1.807) is 0 Å². The predicted molar refractivity (Wildman–Crippen MR) is 74.5 cm³/mol. The van der Waals surface area contributed by atoms with Gasteiger partial charge in [-0.15, -0.1) is 0 Å². The number of hydrogen-bond donors (Lipinski definition) is 2. The minimum atomic E-state index is -0.311. The molecule has 0 spiro atoms. The average molecular weight is 248 g/mol. The lowest BCUT2D eigenvalue weighted by Gasteiger charge is -2.20. The summed E-state index contributed by atoms with van der Waals surface area (Å²) in [6.45, 7) is 2.14. The molecule has 0 radical (unpaired) electrons. The van der Waals surface area contributed by atoms with Crippen molar-refractivity contribution in [3.8, 4) is 0 Å². The molecule has 1 aromatic rings. The lowest BCUT2D eigenvalue weighted by atomic mass is 10.1. The van der Waals surface area contributed by atoms with Crippen molar-refractivity contribution in [2.45, 2.75) is 38.3 Å². The molecule has 0 aliphatic heterocycles. The monoisotopic (exact) mass is 248 g/mol. The zero-order valence-electron chi connectivity index (χ0n) is 11.2. The zero-order valence-corrected chi connectivity index (χ0v) is 11.2. The smallest absolute Gasteiger partial charge is 0.0679 e. The minimum Gasteiger partial charge on any atom is -0.392 e. The largest absolute Gasteiger partial charge is 0.392 e. The molecule has 1 aliphatic carbocycles. The van der Waals surface area contributed by atoms with E-state index in [4.69, 9.17) is 5.73 Å². The van der Waals surface area contributed by atoms with Crippen LogP contribution in [0.15, 0.2) is 18.2 Å². The number of aliphatic hydroxyl groups excluding tert-OH is 1. The van der Waals surface area contributed by atoms with Crippen LogP contribution in [-0.4, -0.2) is 36.2 Å². The van der Waals surface area contributed by atoms with Crippen LogP contribution in [0.3, 0.4) is 0 Å². The van der Waals surface area contributed by atoms with Crippen molar-refractivity contribution >= 4 is 0 Å². The third-order valence-electron chi connectivity index (χ3n) is 3.64. The molecule has 18 heavy (non-hydrogen) atoms. The molecule has 3 N–H and O–H groups in total. The first kappa shape index (κ1) is 13.5. The Labute approximate surface area is 110 Å². The highest BCUT2D eigenvalue weighted by Crippen LogP contribution is 2.23. The van der Waals surface area contributed by atoms with E-state index in [0.717, 1.165) is 6.54 Å². The Hall–Kier alpha value is -0.900. The Kier molecular flexibility index (Phi) is 4.75. The van der Waals surface area contributed by atoms with Crippen LogP contribution in [0.5, 0.6) is 0 Å². The van der Waals surface area contributed by atoms with E-state index in [2.05, 4.69) is 23.1 Å². The van der Waals surface area contributed by atoms with Gasteiger partial charge < -0.3 is 10.8 Å². The summed E-state index contributed by atoms with van der Waals surface area (Å²) in [6.07, 6.45) is 4.12. The van der Waals surface area contributed by atoms with Gasteiger partial charge in [-0.25, -0.2) is 0 Å². The maximum atomic E-state index is 9.73. The summed E-state index contributed by atoms with van der Waals surface area (Å²) in [4.78, 5) is 2.16. The third-order valence-corrected chi connectivity index (χ3v) is 3.64. The van der Waals surface area contributed by atoms with Gasteiger partial charge in [-0.2, -0.15) is 0 Å². The fourth-order valence-corrected chi connectivity index (χ4v) is 2.74. The van der Waals surface area contributed by atoms with Gasteiger partial charge in [0.1, 0.15) is 0 Å². The van der Waals surface area contributed by atoms with Crippen LogP contribution in [0, 0.1) is 0 Å². The van der Waals surface area contributed by atoms with E-state index in [0.29, 0.717) is 19.5 Å². The van der Waals surface area contributed by atoms with Gasteiger partial charge in [0.2, 0.25) is 0 Å². The second-order valence-electron chi connectivity index (χ2n) is 5.38. The summed E-state index contributed by atoms with van der Waals surface area (Å²) in [6, 6.07) is 6.81. The van der Waals surface area contributed by atoms with Gasteiger partial charge in [0.05, 0.1) is 6.10 Å². The van der Waals surface area contributed by atoms with Crippen LogP contribution < -0.4 is 5.73 Å². The highest BCUT2D eigenvalue weighted by molar-refractivity contribution is 5.35. The third kappa shape index (κ3) is 3.55. The van der Waals surface area contributed by atoms with Gasteiger partial charge in [-0.1, -0.05) is 18.2 Å². The number of nitrogens with two attached hydrogens (primary N) is 1. The second-order valence-corrected chi connectivity index (χ2v) is 5.38. The van der Waals surface area contributed by atoms with Crippen LogP contribution in [0.25, 0.3) is 0 Å². The molecule has 0 aromatic heterocycles. The minimum absolute atomic E-state index is 0.311. The van der Waals surface area contributed by atoms with Gasteiger partial charge in [0.15, 0.2) is 0 Å². The van der Waals surface area contributed by atoms with Crippen molar-refractivity contribution in [2.24, 2.45) is 5.73 Å². The van der Waals surface area contributed by atoms with E-state index in [9.17, 15) is 5.11 Å². The molecule has 0 bridgehead atoms. The standard InChI is InChI=1S/C15H24N2O/c1-17(11-15(18)7-8-16)10-12-5-6-13-3-2-4-14(13)9-12/h5-6,9,15,18H,2-4,7-8,10-11,16H2,1H3. The molecule has 3 heteroatoms. The van der Waals surface area contributed by atoms with E-state index in [1.807, 2.05) is 7.05 Å². The van der Waals surface area contributed by atoms with E-state index in [1.165, 1.54) is 36.0 Å². The Morgan fingerprint density at radius 1 is 1.33 bits per heavy atom. The first-order chi connectivity index (χ1) is 8.69. The normalized spacial score (nSPS) is 16.0. The number of aryl methyl sites for hydroxylation is 2. The Morgan fingerprint density at radius 2 is 2.11 bits per heavy atom. The quantitative estimate of drug-likeness (QED) is 0.798. The number of benzene rings is 1. The molecule has 0 heterocycles. The number of aliphatic hydroxyl groups is 1. The van der Waals surface area contributed by atoms with Gasteiger partial charge in [-0.05, 0) is 56.0 Å². The molecule has 1 aliphatic rings. The Balaban J connectivity index is 1.89. The molecular weight excluding hydrogens is 224 g/mol. The van der Waals surface area contributed by atoms with Gasteiger partial charge in [-0.3, -0.25) is 4.90 Å². The molecular formula is C15H24N2O. The topological polar surface area (TPSA) is 49.5 Å². The number of fused-ring (bicyclic) bond motifs is 1. The molecule has 0 fully saturated rings. The van der Waals surface area contributed by atoms with Crippen molar-refractivity contribution in [3.05, 3.63) is 34.9 Å². The fraction of sp³-hybridized carbons (Fsp3) is 0.600. The summed E-state index contributed by atoms with van der Waals surface area (Å²) in [5.41, 5.74) is 9.82. The van der Waals surface area contributed by atoms with Crippen LogP contribution in [0.2, 0.25) is 0 Å². The summed E-state index contributed by atoms with van der Waals surface area (Å²) in [5.74, 6) is 0. The van der Waals surface area contributed by atoms with Crippen molar-refractivity contribution in [2.75, 3.05) is 20.1 Å². The van der Waals surface area contributed by atoms with Gasteiger partial charge >= 0.3 is 0 Å². The first-order valence-corrected chi connectivity index (χ1v) is 6.86. The molecule has 0 amide bonds. The second kappa shape index (κ2) is 6.32. The average Bonchev–Trinajstić information content (AvgIpc) is 2.76. The maximum Gasteiger partial charge on any atom is 0.0679 e. The van der Waals surface area contributed by atoms with Crippen LogP contribution in [0.1, 0.15) is 29.5 Å². The van der Waals surface area contributed by atoms with E-state index in [-0.39, 0.29) is 6.10 Å². The summed E-state index contributed by atoms with van der Waals surface area (Å²) in [7, 11) is 2.05. The number of hydrogen-bond acceptors (Lipinski definition) is 3. The Bertz CT molecular complexity index is 392. The summed E-state index contributed by atoms with van der Waals surface area (Å²) in [5, 5.41) is 9.73. The van der Waals surface area contributed by atoms with Gasteiger partial charge in [0.25, 0.3) is 0 Å². The molecule has 1 unspecified atom stereocenters. The molecule has 1 atom stereocenters. The van der Waals surface area contributed by atoms with Crippen molar-refractivity contribution in [1.29, 1.82) is 0 Å². The van der Waals surface area contributed by atoms with Crippen LogP contribution >= 0.6 is 0 Å². The molecule has 1 aromatic carbocycles. The molecule has 0 saturated carbocycles. The zero-order chi connectivity index (χ0) is 13.0. The molecule has 3 nitrogen and oxygen atoms in total. The summed E-state index contributed by atoms with van der Waals surface area (Å²) >= 11 is 0. The van der Waals surface area contributed by atoms with Crippen molar-refractivity contribution in [3.63, 3.8) is 0 Å². The number of likely N-dealkylation sites (N-methyl/N-ethyl adjacent to an activating group) is 1. The number of rotatable bonds is 6. The van der Waals surface area contributed by atoms with Gasteiger partial charge in [0, 0.05) is 13.1 Å².